The summed E-state index contributed by atoms with van der Waals surface area (Å²) in [6.07, 6.45) is 0. The number of ether oxygens (including phenoxy) is 1. The third-order valence-electron chi connectivity index (χ3n) is 4.83. The number of benzene rings is 2. The summed E-state index contributed by atoms with van der Waals surface area (Å²) in [7, 11) is 1.64. The topological polar surface area (TPSA) is 57.3 Å². The molecule has 0 saturated heterocycles. The highest BCUT2D eigenvalue weighted by Crippen LogP contribution is 2.39. The van der Waals surface area contributed by atoms with Crippen molar-refractivity contribution >= 4 is 16.7 Å². The van der Waals surface area contributed by atoms with E-state index in [4.69, 9.17) is 9.26 Å². The summed E-state index contributed by atoms with van der Waals surface area (Å²) in [5.74, 6) is 1.47. The summed E-state index contributed by atoms with van der Waals surface area (Å²) in [5.41, 5.74) is 5.00. The molecule has 0 fully saturated rings. The number of hydrogen-bond acceptors (Lipinski definition) is 4. The number of rotatable bonds is 4. The minimum atomic E-state index is 0.00783. The van der Waals surface area contributed by atoms with Crippen LogP contribution in [0.15, 0.2) is 53.1 Å². The van der Waals surface area contributed by atoms with E-state index in [1.54, 1.807) is 14.0 Å². The maximum Gasteiger partial charge on any atom is 0.162 e. The Bertz CT molecular complexity index is 1130. The third-order valence-corrected chi connectivity index (χ3v) is 4.83. The van der Waals surface area contributed by atoms with Gasteiger partial charge in [-0.1, -0.05) is 23.4 Å². The van der Waals surface area contributed by atoms with Crippen molar-refractivity contribution in [1.29, 1.82) is 0 Å². The number of carbonyl (C=O) groups excluding carboxylic acids is 1. The van der Waals surface area contributed by atoms with Crippen LogP contribution in [-0.2, 0) is 0 Å². The Hall–Kier alpha value is -3.34. The number of hydrogen-bond donors (Lipinski definition) is 0. The van der Waals surface area contributed by atoms with Crippen LogP contribution in [0.1, 0.15) is 28.7 Å². The van der Waals surface area contributed by atoms with Gasteiger partial charge in [-0.3, -0.25) is 4.79 Å². The summed E-state index contributed by atoms with van der Waals surface area (Å²) in [5, 5.41) is 5.02. The van der Waals surface area contributed by atoms with Crippen LogP contribution in [0.2, 0.25) is 0 Å². The first-order valence-electron chi connectivity index (χ1n) is 8.75. The second-order valence-corrected chi connectivity index (χ2v) is 6.53. The fraction of sp³-hybridized carbons (Fsp3) is 0.182. The first-order valence-corrected chi connectivity index (χ1v) is 8.75. The van der Waals surface area contributed by atoms with Gasteiger partial charge in [0.05, 0.1) is 35.1 Å². The lowest BCUT2D eigenvalue weighted by molar-refractivity contribution is 0.102. The SMILES string of the molecule is COc1ccc(-n2c(-c3c(C)noc3C)c(C(C)=O)c3ccccc32)cc1. The van der Waals surface area contributed by atoms with Crippen LogP contribution >= 0.6 is 0 Å². The van der Waals surface area contributed by atoms with Gasteiger partial charge < -0.3 is 13.8 Å². The van der Waals surface area contributed by atoms with Crippen LogP contribution in [-0.4, -0.2) is 22.6 Å². The highest BCUT2D eigenvalue weighted by atomic mass is 16.5. The zero-order valence-corrected chi connectivity index (χ0v) is 15.7. The number of nitrogens with zero attached hydrogens (tertiary/aromatic N) is 2. The molecule has 2 aromatic carbocycles. The van der Waals surface area contributed by atoms with E-state index in [9.17, 15) is 4.79 Å². The lowest BCUT2D eigenvalue weighted by atomic mass is 10.0. The van der Waals surface area contributed by atoms with Gasteiger partial charge in [-0.25, -0.2) is 0 Å². The van der Waals surface area contributed by atoms with Crippen molar-refractivity contribution in [2.45, 2.75) is 20.8 Å². The quantitative estimate of drug-likeness (QED) is 0.474. The van der Waals surface area contributed by atoms with Gasteiger partial charge in [0.2, 0.25) is 0 Å². The first-order chi connectivity index (χ1) is 13.0. The van der Waals surface area contributed by atoms with Crippen molar-refractivity contribution in [1.82, 2.24) is 9.72 Å². The molecule has 0 saturated carbocycles. The Labute approximate surface area is 157 Å². The summed E-state index contributed by atoms with van der Waals surface area (Å²) < 4.78 is 12.8. The molecule has 2 aromatic heterocycles. The van der Waals surface area contributed by atoms with E-state index in [0.29, 0.717) is 11.3 Å². The van der Waals surface area contributed by atoms with Gasteiger partial charge in [-0.15, -0.1) is 0 Å². The zero-order valence-electron chi connectivity index (χ0n) is 15.7. The van der Waals surface area contributed by atoms with E-state index in [1.165, 1.54) is 0 Å². The number of fused-ring (bicyclic) bond motifs is 1. The maximum atomic E-state index is 12.7. The summed E-state index contributed by atoms with van der Waals surface area (Å²) in [4.78, 5) is 12.7. The molecule has 136 valence electrons. The van der Waals surface area contributed by atoms with E-state index in [0.717, 1.165) is 39.3 Å². The highest BCUT2D eigenvalue weighted by molar-refractivity contribution is 6.13. The van der Waals surface area contributed by atoms with Crippen LogP contribution in [0.4, 0.5) is 0 Å². The third kappa shape index (κ3) is 2.63. The molecule has 4 aromatic rings. The van der Waals surface area contributed by atoms with Gasteiger partial charge in [0.15, 0.2) is 5.78 Å². The monoisotopic (exact) mass is 360 g/mol. The molecule has 0 aliphatic heterocycles. The Morgan fingerprint density at radius 3 is 2.37 bits per heavy atom. The predicted octanol–water partition coefficient (Wildman–Crippen LogP) is 5.11. The molecule has 0 aliphatic rings. The number of para-hydroxylation sites is 1. The normalized spacial score (nSPS) is 11.1. The van der Waals surface area contributed by atoms with Gasteiger partial charge in [-0.2, -0.15) is 0 Å². The molecule has 0 N–H and O–H groups in total. The van der Waals surface area contributed by atoms with E-state index >= 15 is 0 Å². The second kappa shape index (κ2) is 6.43. The molecule has 5 heteroatoms. The van der Waals surface area contributed by atoms with Gasteiger partial charge in [0, 0.05) is 11.1 Å². The molecular formula is C22H20N2O3. The predicted molar refractivity (Wildman–Crippen MR) is 105 cm³/mol. The molecule has 0 atom stereocenters. The lowest BCUT2D eigenvalue weighted by Crippen LogP contribution is -2.02. The largest absolute Gasteiger partial charge is 0.497 e. The van der Waals surface area contributed by atoms with Crippen molar-refractivity contribution < 1.29 is 14.1 Å². The summed E-state index contributed by atoms with van der Waals surface area (Å²) in [6.45, 7) is 5.36. The van der Waals surface area contributed by atoms with Gasteiger partial charge in [0.25, 0.3) is 0 Å². The second-order valence-electron chi connectivity index (χ2n) is 6.53. The average molecular weight is 360 g/mol. The number of methoxy groups -OCH3 is 1. The Morgan fingerprint density at radius 1 is 1.07 bits per heavy atom. The van der Waals surface area contributed by atoms with Gasteiger partial charge in [-0.05, 0) is 51.1 Å². The molecule has 0 spiro atoms. The molecule has 0 radical (unpaired) electrons. The lowest BCUT2D eigenvalue weighted by Gasteiger charge is -2.12. The van der Waals surface area contributed by atoms with E-state index in [1.807, 2.05) is 62.4 Å². The average Bonchev–Trinajstić information content (AvgIpc) is 3.18. The van der Waals surface area contributed by atoms with Crippen molar-refractivity contribution in [3.05, 3.63) is 65.5 Å². The molecule has 0 bridgehead atoms. The Kier molecular flexibility index (Phi) is 4.07. The summed E-state index contributed by atoms with van der Waals surface area (Å²) >= 11 is 0. The minimum absolute atomic E-state index is 0.00783. The van der Waals surface area contributed by atoms with Crippen LogP contribution < -0.4 is 4.74 Å². The smallest absolute Gasteiger partial charge is 0.162 e. The molecule has 0 amide bonds. The maximum absolute atomic E-state index is 12.7. The van der Waals surface area contributed by atoms with Gasteiger partial charge >= 0.3 is 0 Å². The number of carbonyl (C=O) groups is 1. The number of aryl methyl sites for hydroxylation is 2. The molecule has 27 heavy (non-hydrogen) atoms. The van der Waals surface area contributed by atoms with Crippen molar-refractivity contribution in [2.24, 2.45) is 0 Å². The minimum Gasteiger partial charge on any atom is -0.497 e. The molecule has 0 unspecified atom stereocenters. The summed E-state index contributed by atoms with van der Waals surface area (Å²) in [6, 6.07) is 15.7. The van der Waals surface area contributed by atoms with Crippen molar-refractivity contribution in [3.8, 4) is 22.7 Å². The van der Waals surface area contributed by atoms with E-state index in [-0.39, 0.29) is 5.78 Å². The van der Waals surface area contributed by atoms with Crippen LogP contribution in [0.5, 0.6) is 5.75 Å². The fourth-order valence-electron chi connectivity index (χ4n) is 3.65. The molecular weight excluding hydrogens is 340 g/mol. The standard InChI is InChI=1S/C22H20N2O3/c1-13-20(15(3)27-23-13)22-21(14(2)25)18-7-5-6-8-19(18)24(22)16-9-11-17(26-4)12-10-16/h5-12H,1-4H3. The van der Waals surface area contributed by atoms with Crippen molar-refractivity contribution in [2.75, 3.05) is 7.11 Å². The fourth-order valence-corrected chi connectivity index (χ4v) is 3.65. The first kappa shape index (κ1) is 17.1. The van der Waals surface area contributed by atoms with Crippen molar-refractivity contribution in [3.63, 3.8) is 0 Å². The number of ketones is 1. The van der Waals surface area contributed by atoms with E-state index < -0.39 is 0 Å². The number of aromatic nitrogens is 2. The van der Waals surface area contributed by atoms with Crippen LogP contribution in [0.3, 0.4) is 0 Å². The van der Waals surface area contributed by atoms with Crippen LogP contribution in [0.25, 0.3) is 27.8 Å². The van der Waals surface area contributed by atoms with Crippen LogP contribution in [0, 0.1) is 13.8 Å². The van der Waals surface area contributed by atoms with Gasteiger partial charge in [0.1, 0.15) is 11.5 Å². The molecule has 5 nitrogen and oxygen atoms in total. The van der Waals surface area contributed by atoms with E-state index in [2.05, 4.69) is 9.72 Å². The number of Topliss-reactive ketones (excluding diaryl/α,β-unsaturated/α-hetero) is 1. The Morgan fingerprint density at radius 2 is 1.78 bits per heavy atom. The highest BCUT2D eigenvalue weighted by Gasteiger charge is 2.26. The Balaban J connectivity index is 2.16. The molecule has 4 rings (SSSR count). The molecule has 0 aliphatic carbocycles. The zero-order chi connectivity index (χ0) is 19.1. The molecule has 2 heterocycles.